The third kappa shape index (κ3) is 10.0. The molecule has 11 nitrogen and oxygen atoms in total. The van der Waals surface area contributed by atoms with Crippen LogP contribution in [0.3, 0.4) is 0 Å². The SMILES string of the molecule is CN(CCC[NH2+]c1c([O-])c(=O)c1=NCCC[N+](C)(C)C)CCC[NH2+]c1c([O-])c(=O)c1=NCCC[N+](C)(C)C. The third-order valence-electron chi connectivity index (χ3n) is 6.54. The zero-order chi connectivity index (χ0) is 28.5. The van der Waals surface area contributed by atoms with E-state index in [9.17, 15) is 19.8 Å². The molecular formula is C27H49N7O4+2. The van der Waals surface area contributed by atoms with Gasteiger partial charge in [0.1, 0.15) is 0 Å². The molecule has 2 rings (SSSR count). The zero-order valence-corrected chi connectivity index (χ0v) is 24.5. The van der Waals surface area contributed by atoms with Gasteiger partial charge in [0.05, 0.1) is 68.5 Å². The van der Waals surface area contributed by atoms with E-state index in [1.165, 1.54) is 0 Å². The Morgan fingerprint density at radius 2 is 1.05 bits per heavy atom. The highest BCUT2D eigenvalue weighted by atomic mass is 16.3. The van der Waals surface area contributed by atoms with E-state index in [1.807, 2.05) is 17.7 Å². The van der Waals surface area contributed by atoms with Crippen molar-refractivity contribution in [3.63, 3.8) is 0 Å². The largest absolute Gasteiger partial charge is 0.866 e. The highest BCUT2D eigenvalue weighted by Gasteiger charge is 2.17. The topological polar surface area (TPSA) is 141 Å². The summed E-state index contributed by atoms with van der Waals surface area (Å²) in [4.78, 5) is 34.8. The van der Waals surface area contributed by atoms with Gasteiger partial charge in [0.25, 0.3) is 0 Å². The zero-order valence-electron chi connectivity index (χ0n) is 24.5. The van der Waals surface area contributed by atoms with Crippen LogP contribution in [0.15, 0.2) is 19.6 Å². The van der Waals surface area contributed by atoms with E-state index in [1.54, 1.807) is 0 Å². The molecule has 214 valence electrons. The van der Waals surface area contributed by atoms with Crippen LogP contribution in [0.1, 0.15) is 25.7 Å². The minimum atomic E-state index is -0.461. The lowest BCUT2D eigenvalue weighted by Gasteiger charge is -2.23. The van der Waals surface area contributed by atoms with Gasteiger partial charge in [-0.2, -0.15) is 0 Å². The molecule has 0 bridgehead atoms. The fraction of sp³-hybridized carbons (Fsp3) is 0.704. The van der Waals surface area contributed by atoms with Gasteiger partial charge in [0, 0.05) is 63.4 Å². The molecule has 11 heteroatoms. The minimum Gasteiger partial charge on any atom is -0.866 e. The lowest BCUT2D eigenvalue weighted by atomic mass is 10.2. The average molecular weight is 536 g/mol. The van der Waals surface area contributed by atoms with Crippen LogP contribution in [0.4, 0.5) is 11.4 Å². The molecule has 0 atom stereocenters. The predicted octanol–water partition coefficient (Wildman–Crippen LogP) is -3.90. The average Bonchev–Trinajstić information content (AvgIpc) is 2.83. The van der Waals surface area contributed by atoms with Gasteiger partial charge in [0.2, 0.25) is 10.9 Å². The summed E-state index contributed by atoms with van der Waals surface area (Å²) >= 11 is 0. The quantitative estimate of drug-likeness (QED) is 0.148. The molecule has 2 aromatic rings. The number of hydrogen-bond donors (Lipinski definition) is 2. The molecule has 4 N–H and O–H groups in total. The summed E-state index contributed by atoms with van der Waals surface area (Å²) in [6.45, 7) is 6.18. The van der Waals surface area contributed by atoms with Crippen LogP contribution in [-0.2, 0) is 0 Å². The number of nitrogens with two attached hydrogens (primary N) is 2. The summed E-state index contributed by atoms with van der Waals surface area (Å²) < 4.78 is 1.69. The Labute approximate surface area is 226 Å². The van der Waals surface area contributed by atoms with Crippen LogP contribution in [0.5, 0.6) is 11.5 Å². The Kier molecular flexibility index (Phi) is 11.8. The third-order valence-corrected chi connectivity index (χ3v) is 6.54. The summed E-state index contributed by atoms with van der Waals surface area (Å²) in [5, 5.41) is 28.3. The van der Waals surface area contributed by atoms with E-state index in [0.29, 0.717) is 48.3 Å². The molecule has 0 aromatic heterocycles. The Hall–Kier alpha value is -2.44. The maximum absolute atomic E-state index is 12.0. The van der Waals surface area contributed by atoms with Crippen molar-refractivity contribution in [2.75, 3.05) is 102 Å². The maximum Gasteiger partial charge on any atom is 0.208 e. The van der Waals surface area contributed by atoms with E-state index in [-0.39, 0.29) is 0 Å². The van der Waals surface area contributed by atoms with E-state index in [4.69, 9.17) is 0 Å². The molecule has 0 fully saturated rings. The van der Waals surface area contributed by atoms with Crippen molar-refractivity contribution in [2.45, 2.75) is 25.7 Å². The van der Waals surface area contributed by atoms with Crippen LogP contribution in [-0.4, -0.2) is 116 Å². The van der Waals surface area contributed by atoms with Crippen molar-refractivity contribution in [2.24, 2.45) is 9.98 Å². The molecule has 2 aromatic carbocycles. The monoisotopic (exact) mass is 535 g/mol. The van der Waals surface area contributed by atoms with Crippen LogP contribution >= 0.6 is 0 Å². The van der Waals surface area contributed by atoms with Gasteiger partial charge in [-0.05, 0) is 7.05 Å². The second kappa shape index (κ2) is 14.1. The van der Waals surface area contributed by atoms with Crippen LogP contribution in [0.25, 0.3) is 0 Å². The van der Waals surface area contributed by atoms with Gasteiger partial charge < -0.3 is 34.7 Å². The van der Waals surface area contributed by atoms with Crippen LogP contribution in [0, 0.1) is 0 Å². The van der Waals surface area contributed by atoms with Gasteiger partial charge in [-0.1, -0.05) is 0 Å². The number of rotatable bonds is 18. The Bertz CT molecular complexity index is 1100. The van der Waals surface area contributed by atoms with Crippen LogP contribution in [0.2, 0.25) is 0 Å². The van der Waals surface area contributed by atoms with Gasteiger partial charge in [-0.3, -0.25) is 19.6 Å². The highest BCUT2D eigenvalue weighted by molar-refractivity contribution is 5.49. The summed E-state index contributed by atoms with van der Waals surface area (Å²) in [5.41, 5.74) is 0.0295. The maximum atomic E-state index is 12.0. The standard InChI is InChI=1S/C27H47N7O4/c1-32(16-8-12-28-20-22(26(37)24(20)35)30-14-10-18-33(2,3)4)17-9-13-29-21-23(27(38)25(21)36)31-15-11-19-34(5,6)7/h8-19H2,1-7H3,(H2-2,28,29,30,31,35,36,37,38)/p+2. The summed E-state index contributed by atoms with van der Waals surface area (Å²) in [6.07, 6.45) is 3.49. The predicted molar refractivity (Wildman–Crippen MR) is 145 cm³/mol. The molecule has 0 saturated heterocycles. The minimum absolute atomic E-state index is 0.345. The lowest BCUT2D eigenvalue weighted by Crippen LogP contribution is -2.82. The molecule has 0 amide bonds. The fourth-order valence-electron chi connectivity index (χ4n) is 4.29. The molecule has 0 aliphatic carbocycles. The summed E-state index contributed by atoms with van der Waals surface area (Å²) in [7, 11) is 14.7. The van der Waals surface area contributed by atoms with Gasteiger partial charge in [-0.15, -0.1) is 0 Å². The molecule has 0 aliphatic rings. The van der Waals surface area contributed by atoms with Gasteiger partial charge in [-0.25, -0.2) is 0 Å². The van der Waals surface area contributed by atoms with E-state index < -0.39 is 22.4 Å². The molecule has 0 spiro atoms. The summed E-state index contributed by atoms with van der Waals surface area (Å²) in [6, 6.07) is 0. The Balaban J connectivity index is 1.67. The fourth-order valence-corrected chi connectivity index (χ4v) is 4.29. The molecule has 0 unspecified atom stereocenters. The first-order valence-corrected chi connectivity index (χ1v) is 13.7. The highest BCUT2D eigenvalue weighted by Crippen LogP contribution is 2.05. The van der Waals surface area contributed by atoms with Crippen LogP contribution < -0.4 is 42.4 Å². The molecule has 0 saturated carbocycles. The Morgan fingerprint density at radius 3 is 1.39 bits per heavy atom. The molecule has 0 radical (unpaired) electrons. The second-order valence-corrected chi connectivity index (χ2v) is 12.3. The second-order valence-electron chi connectivity index (χ2n) is 12.3. The number of nitrogens with zero attached hydrogens (tertiary/aromatic N) is 5. The smallest absolute Gasteiger partial charge is 0.208 e. The molecule has 0 aliphatic heterocycles. The van der Waals surface area contributed by atoms with Crippen molar-refractivity contribution in [3.05, 3.63) is 31.2 Å². The van der Waals surface area contributed by atoms with Crippen molar-refractivity contribution >= 4 is 11.4 Å². The van der Waals surface area contributed by atoms with Crippen molar-refractivity contribution in [1.82, 2.24) is 4.90 Å². The van der Waals surface area contributed by atoms with Crippen molar-refractivity contribution in [1.29, 1.82) is 0 Å². The van der Waals surface area contributed by atoms with Crippen molar-refractivity contribution in [3.8, 4) is 11.5 Å². The van der Waals surface area contributed by atoms with Crippen molar-refractivity contribution < 1.29 is 29.8 Å². The number of hydrogen-bond acceptors (Lipinski definition) is 7. The number of quaternary nitrogens is 4. The molecule has 0 heterocycles. The van der Waals surface area contributed by atoms with Gasteiger partial charge >= 0.3 is 0 Å². The summed E-state index contributed by atoms with van der Waals surface area (Å²) in [5.74, 6) is -0.839. The first kappa shape index (κ1) is 31.8. The molecule has 38 heavy (non-hydrogen) atoms. The van der Waals surface area contributed by atoms with E-state index >= 15 is 0 Å². The normalized spacial score (nSPS) is 14.0. The van der Waals surface area contributed by atoms with E-state index in [0.717, 1.165) is 60.8 Å². The molecular weight excluding hydrogens is 486 g/mol. The first-order valence-electron chi connectivity index (χ1n) is 13.7. The Morgan fingerprint density at radius 1 is 0.684 bits per heavy atom. The van der Waals surface area contributed by atoms with E-state index in [2.05, 4.69) is 57.2 Å². The van der Waals surface area contributed by atoms with Gasteiger partial charge in [0.15, 0.2) is 22.1 Å². The lowest BCUT2D eigenvalue weighted by molar-refractivity contribution is -0.870. The first-order chi connectivity index (χ1) is 17.7.